The molecule has 1 aromatic heterocycles. The number of hydrogen-bond donors (Lipinski definition) is 2. The third kappa shape index (κ3) is 3.44. The van der Waals surface area contributed by atoms with Crippen molar-refractivity contribution in [1.29, 1.82) is 0 Å². The molecule has 6 heteroatoms. The minimum absolute atomic E-state index is 0.000587. The molecule has 1 amide bonds. The predicted molar refractivity (Wildman–Crippen MR) is 70.0 cm³/mol. The summed E-state index contributed by atoms with van der Waals surface area (Å²) in [6.07, 6.45) is 3.88. The van der Waals surface area contributed by atoms with Crippen LogP contribution in [0.5, 0.6) is 0 Å². The van der Waals surface area contributed by atoms with Gasteiger partial charge in [-0.25, -0.2) is 0 Å². The summed E-state index contributed by atoms with van der Waals surface area (Å²) in [5, 5.41) is 12.2. The van der Waals surface area contributed by atoms with Crippen molar-refractivity contribution in [1.82, 2.24) is 10.3 Å². The van der Waals surface area contributed by atoms with Gasteiger partial charge in [-0.1, -0.05) is 18.0 Å². The highest BCUT2D eigenvalue weighted by Gasteiger charge is 2.32. The molecule has 0 saturated heterocycles. The van der Waals surface area contributed by atoms with Crippen molar-refractivity contribution in [2.75, 3.05) is 6.54 Å². The van der Waals surface area contributed by atoms with Crippen molar-refractivity contribution in [2.24, 2.45) is 11.8 Å². The first-order valence-electron chi connectivity index (χ1n) is 6.20. The highest BCUT2D eigenvalue weighted by atomic mass is 35.5. The molecule has 5 nitrogen and oxygen atoms in total. The lowest BCUT2D eigenvalue weighted by Crippen LogP contribution is -2.33. The molecule has 102 valence electrons. The van der Waals surface area contributed by atoms with Gasteiger partial charge in [-0.2, -0.15) is 0 Å². The molecule has 0 spiro atoms. The van der Waals surface area contributed by atoms with Crippen LogP contribution in [0.25, 0.3) is 0 Å². The third-order valence-electron chi connectivity index (χ3n) is 3.46. The van der Waals surface area contributed by atoms with Crippen molar-refractivity contribution >= 4 is 23.5 Å². The lowest BCUT2D eigenvalue weighted by atomic mass is 9.96. The summed E-state index contributed by atoms with van der Waals surface area (Å²) in [6.45, 7) is 0.365. The molecule has 0 aliphatic heterocycles. The molecule has 0 bridgehead atoms. The van der Waals surface area contributed by atoms with E-state index in [1.807, 2.05) is 0 Å². The predicted octanol–water partition coefficient (Wildman–Crippen LogP) is 1.97. The van der Waals surface area contributed by atoms with E-state index in [0.717, 1.165) is 12.8 Å². The van der Waals surface area contributed by atoms with Crippen LogP contribution in [0, 0.1) is 11.8 Å². The van der Waals surface area contributed by atoms with E-state index >= 15 is 0 Å². The van der Waals surface area contributed by atoms with Gasteiger partial charge in [0.2, 0.25) is 0 Å². The zero-order valence-electron chi connectivity index (χ0n) is 10.3. The maximum Gasteiger partial charge on any atom is 0.306 e. The summed E-state index contributed by atoms with van der Waals surface area (Å²) < 4.78 is 0. The van der Waals surface area contributed by atoms with E-state index < -0.39 is 5.97 Å². The minimum atomic E-state index is -0.780. The van der Waals surface area contributed by atoms with Gasteiger partial charge in [-0.3, -0.25) is 14.6 Å². The van der Waals surface area contributed by atoms with Crippen molar-refractivity contribution in [3.8, 4) is 0 Å². The summed E-state index contributed by atoms with van der Waals surface area (Å²) in [7, 11) is 0. The highest BCUT2D eigenvalue weighted by Crippen LogP contribution is 2.31. The van der Waals surface area contributed by atoms with Crippen LogP contribution in [-0.4, -0.2) is 28.5 Å². The number of nitrogens with zero attached hydrogens (tertiary/aromatic N) is 1. The van der Waals surface area contributed by atoms with Gasteiger partial charge in [0.15, 0.2) is 0 Å². The van der Waals surface area contributed by atoms with Crippen LogP contribution >= 0.6 is 11.6 Å². The number of carboxylic acids is 1. The molecular weight excluding hydrogens is 268 g/mol. The molecule has 1 aliphatic rings. The van der Waals surface area contributed by atoms with Gasteiger partial charge in [0.25, 0.3) is 5.91 Å². The number of pyridine rings is 1. The number of rotatable bonds is 4. The molecule has 2 rings (SSSR count). The Morgan fingerprint density at radius 1 is 1.47 bits per heavy atom. The Morgan fingerprint density at radius 3 is 2.95 bits per heavy atom. The molecule has 1 saturated carbocycles. The molecule has 2 unspecified atom stereocenters. The normalized spacial score (nSPS) is 22.2. The molecule has 1 fully saturated rings. The first kappa shape index (κ1) is 13.8. The monoisotopic (exact) mass is 282 g/mol. The van der Waals surface area contributed by atoms with Crippen LogP contribution in [0.4, 0.5) is 0 Å². The van der Waals surface area contributed by atoms with Crippen molar-refractivity contribution in [3.63, 3.8) is 0 Å². The standard InChI is InChI=1S/C13H15ClN2O3/c14-9-4-5-15-11(6-9)12(17)16-7-8-2-1-3-10(8)13(18)19/h4-6,8,10H,1-3,7H2,(H,16,17)(H,18,19). The quantitative estimate of drug-likeness (QED) is 0.885. The molecule has 2 N–H and O–H groups in total. The van der Waals surface area contributed by atoms with Crippen molar-refractivity contribution in [3.05, 3.63) is 29.0 Å². The second-order valence-corrected chi connectivity index (χ2v) is 5.14. The Morgan fingerprint density at radius 2 is 2.26 bits per heavy atom. The van der Waals surface area contributed by atoms with Crippen molar-refractivity contribution < 1.29 is 14.7 Å². The van der Waals surface area contributed by atoms with Crippen LogP contribution in [0.2, 0.25) is 5.02 Å². The maximum atomic E-state index is 11.9. The average Bonchev–Trinajstić information content (AvgIpc) is 2.84. The topological polar surface area (TPSA) is 79.3 Å². The van der Waals surface area contributed by atoms with E-state index in [1.54, 1.807) is 6.07 Å². The summed E-state index contributed by atoms with van der Waals surface area (Å²) in [5.41, 5.74) is 0.248. The minimum Gasteiger partial charge on any atom is -0.481 e. The van der Waals surface area contributed by atoms with Crippen LogP contribution in [0.3, 0.4) is 0 Å². The lowest BCUT2D eigenvalue weighted by Gasteiger charge is -2.16. The number of carbonyl (C=O) groups excluding carboxylic acids is 1. The van der Waals surface area contributed by atoms with Gasteiger partial charge in [-0.15, -0.1) is 0 Å². The van der Waals surface area contributed by atoms with Crippen LogP contribution in [0.15, 0.2) is 18.3 Å². The molecule has 0 radical (unpaired) electrons. The second-order valence-electron chi connectivity index (χ2n) is 4.71. The molecule has 19 heavy (non-hydrogen) atoms. The SMILES string of the molecule is O=C(NCC1CCCC1C(=O)O)c1cc(Cl)ccn1. The fourth-order valence-corrected chi connectivity index (χ4v) is 2.61. The van der Waals surface area contributed by atoms with Gasteiger partial charge in [0.1, 0.15) is 5.69 Å². The number of halogens is 1. The first-order chi connectivity index (χ1) is 9.08. The van der Waals surface area contributed by atoms with E-state index in [2.05, 4.69) is 10.3 Å². The number of aliphatic carboxylic acids is 1. The Bertz CT molecular complexity index is 493. The van der Waals surface area contributed by atoms with E-state index in [0.29, 0.717) is 18.0 Å². The van der Waals surface area contributed by atoms with E-state index in [-0.39, 0.29) is 23.4 Å². The summed E-state index contributed by atoms with van der Waals surface area (Å²) >= 11 is 5.78. The Kier molecular flexibility index (Phi) is 4.37. The number of nitrogens with one attached hydrogen (secondary N) is 1. The largest absolute Gasteiger partial charge is 0.481 e. The van der Waals surface area contributed by atoms with Crippen LogP contribution < -0.4 is 5.32 Å². The summed E-state index contributed by atoms with van der Waals surface area (Å²) in [5.74, 6) is -1.45. The van der Waals surface area contributed by atoms with Gasteiger partial charge >= 0.3 is 5.97 Å². The number of carbonyl (C=O) groups is 2. The fraction of sp³-hybridized carbons (Fsp3) is 0.462. The highest BCUT2D eigenvalue weighted by molar-refractivity contribution is 6.30. The Balaban J connectivity index is 1.92. The second kappa shape index (κ2) is 6.02. The van der Waals surface area contributed by atoms with E-state index in [9.17, 15) is 9.59 Å². The molecule has 0 aromatic carbocycles. The lowest BCUT2D eigenvalue weighted by molar-refractivity contribution is -0.142. The zero-order chi connectivity index (χ0) is 13.8. The number of hydrogen-bond acceptors (Lipinski definition) is 3. The molecule has 1 heterocycles. The zero-order valence-corrected chi connectivity index (χ0v) is 11.1. The molecule has 1 aromatic rings. The van der Waals surface area contributed by atoms with E-state index in [4.69, 9.17) is 16.7 Å². The van der Waals surface area contributed by atoms with Gasteiger partial charge in [0, 0.05) is 17.8 Å². The number of aromatic nitrogens is 1. The van der Waals surface area contributed by atoms with Gasteiger partial charge in [0.05, 0.1) is 5.92 Å². The number of amides is 1. The third-order valence-corrected chi connectivity index (χ3v) is 3.69. The van der Waals surface area contributed by atoms with Crippen molar-refractivity contribution in [2.45, 2.75) is 19.3 Å². The van der Waals surface area contributed by atoms with E-state index in [1.165, 1.54) is 12.3 Å². The Hall–Kier alpha value is -1.62. The molecule has 1 aliphatic carbocycles. The average molecular weight is 283 g/mol. The Labute approximate surface area is 116 Å². The van der Waals surface area contributed by atoms with Gasteiger partial charge < -0.3 is 10.4 Å². The van der Waals surface area contributed by atoms with Crippen LogP contribution in [0.1, 0.15) is 29.8 Å². The molecular formula is C13H15ClN2O3. The smallest absolute Gasteiger partial charge is 0.306 e. The fourth-order valence-electron chi connectivity index (χ4n) is 2.45. The summed E-state index contributed by atoms with van der Waals surface area (Å²) in [4.78, 5) is 26.8. The van der Waals surface area contributed by atoms with Gasteiger partial charge in [-0.05, 0) is 30.9 Å². The molecule has 2 atom stereocenters. The summed E-state index contributed by atoms with van der Waals surface area (Å²) in [6, 6.07) is 3.08. The first-order valence-corrected chi connectivity index (χ1v) is 6.58. The number of carboxylic acid groups (broad SMARTS) is 1. The maximum absolute atomic E-state index is 11.9. The van der Waals surface area contributed by atoms with Crippen LogP contribution in [-0.2, 0) is 4.79 Å².